The smallest absolute Gasteiger partial charge is 0.407 e. The van der Waals surface area contributed by atoms with Gasteiger partial charge in [0.15, 0.2) is 0 Å². The lowest BCUT2D eigenvalue weighted by atomic mass is 9.98. The zero-order valence-corrected chi connectivity index (χ0v) is 19.8. The van der Waals surface area contributed by atoms with Crippen LogP contribution in [0.15, 0.2) is 48.5 Å². The summed E-state index contributed by atoms with van der Waals surface area (Å²) >= 11 is 0. The van der Waals surface area contributed by atoms with Gasteiger partial charge in [-0.05, 0) is 66.7 Å². The Morgan fingerprint density at radius 2 is 1.63 bits per heavy atom. The molecule has 2 N–H and O–H groups in total. The van der Waals surface area contributed by atoms with Crippen LogP contribution in [0.2, 0.25) is 0 Å². The van der Waals surface area contributed by atoms with Crippen molar-refractivity contribution < 1.29 is 24.2 Å². The molecule has 2 unspecified atom stereocenters. The highest BCUT2D eigenvalue weighted by Gasteiger charge is 2.35. The average molecular weight is 477 g/mol. The molecule has 0 radical (unpaired) electrons. The monoisotopic (exact) mass is 476 g/mol. The molecule has 5 rings (SSSR count). The maximum atomic E-state index is 12.8. The lowest BCUT2D eigenvalue weighted by molar-refractivity contribution is -0.152. The van der Waals surface area contributed by atoms with E-state index in [9.17, 15) is 19.5 Å². The van der Waals surface area contributed by atoms with Gasteiger partial charge >= 0.3 is 12.1 Å². The summed E-state index contributed by atoms with van der Waals surface area (Å²) in [4.78, 5) is 38.5. The van der Waals surface area contributed by atoms with Crippen molar-refractivity contribution in [1.29, 1.82) is 0 Å². The van der Waals surface area contributed by atoms with Crippen molar-refractivity contribution >= 4 is 18.0 Å². The van der Waals surface area contributed by atoms with E-state index in [1.54, 1.807) is 0 Å². The van der Waals surface area contributed by atoms with Crippen molar-refractivity contribution in [2.75, 3.05) is 13.2 Å². The van der Waals surface area contributed by atoms with Gasteiger partial charge in [-0.25, -0.2) is 9.59 Å². The van der Waals surface area contributed by atoms with Gasteiger partial charge in [-0.1, -0.05) is 48.5 Å². The van der Waals surface area contributed by atoms with Gasteiger partial charge in [0, 0.05) is 24.9 Å². The summed E-state index contributed by atoms with van der Waals surface area (Å²) in [7, 11) is 0. The summed E-state index contributed by atoms with van der Waals surface area (Å²) in [6.45, 7) is 0.796. The molecule has 2 aromatic carbocycles. The number of rotatable bonds is 6. The van der Waals surface area contributed by atoms with E-state index in [-0.39, 0.29) is 30.4 Å². The van der Waals surface area contributed by atoms with Crippen LogP contribution in [0.4, 0.5) is 4.79 Å². The molecule has 2 aliphatic carbocycles. The number of aliphatic carboxylic acids is 1. The summed E-state index contributed by atoms with van der Waals surface area (Å²) < 4.78 is 5.66. The normalized spacial score (nSPS) is 23.4. The van der Waals surface area contributed by atoms with Gasteiger partial charge in [-0.3, -0.25) is 4.79 Å². The molecule has 0 bridgehead atoms. The second-order valence-electron chi connectivity index (χ2n) is 9.99. The Labute approximate surface area is 205 Å². The maximum absolute atomic E-state index is 12.8. The molecule has 1 saturated carbocycles. The van der Waals surface area contributed by atoms with Gasteiger partial charge < -0.3 is 20.1 Å². The first kappa shape index (κ1) is 23.4. The number of likely N-dealkylation sites (tertiary alicyclic amines) is 1. The first-order chi connectivity index (χ1) is 17.0. The Morgan fingerprint density at radius 1 is 0.943 bits per heavy atom. The number of hydrogen-bond donors (Lipinski definition) is 2. The van der Waals surface area contributed by atoms with E-state index in [0.29, 0.717) is 25.8 Å². The highest BCUT2D eigenvalue weighted by atomic mass is 16.5. The molecule has 1 heterocycles. The van der Waals surface area contributed by atoms with Crippen LogP contribution in [0.25, 0.3) is 11.1 Å². The van der Waals surface area contributed by atoms with Crippen LogP contribution in [0.5, 0.6) is 0 Å². The largest absolute Gasteiger partial charge is 0.480 e. The average Bonchev–Trinajstić information content (AvgIpc) is 3.44. The fourth-order valence-electron chi connectivity index (χ4n) is 6.05. The van der Waals surface area contributed by atoms with Crippen molar-refractivity contribution in [2.24, 2.45) is 5.92 Å². The van der Waals surface area contributed by atoms with Crippen LogP contribution in [0.1, 0.15) is 62.0 Å². The first-order valence-electron chi connectivity index (χ1n) is 12.6. The molecule has 1 saturated heterocycles. The van der Waals surface area contributed by atoms with Gasteiger partial charge in [0.1, 0.15) is 12.6 Å². The minimum atomic E-state index is -0.917. The quantitative estimate of drug-likeness (QED) is 0.638. The van der Waals surface area contributed by atoms with E-state index in [0.717, 1.165) is 25.7 Å². The Bertz CT molecular complexity index is 1070. The van der Waals surface area contributed by atoms with Crippen molar-refractivity contribution in [3.63, 3.8) is 0 Å². The van der Waals surface area contributed by atoms with E-state index in [2.05, 4.69) is 29.6 Å². The van der Waals surface area contributed by atoms with E-state index in [4.69, 9.17) is 4.74 Å². The van der Waals surface area contributed by atoms with Crippen molar-refractivity contribution in [3.05, 3.63) is 59.7 Å². The first-order valence-corrected chi connectivity index (χ1v) is 12.6. The molecule has 3 aliphatic rings. The Hall–Kier alpha value is -3.35. The SMILES string of the molecule is O=C(NC1CCC(CC(=O)N2CCCC[C@H]2C(=O)O)C1)OCC1c2ccccc2-c2ccccc21. The molecule has 3 atom stereocenters. The number of carbonyl (C=O) groups is 3. The van der Waals surface area contributed by atoms with E-state index in [1.165, 1.54) is 27.2 Å². The number of piperidine rings is 1. The zero-order chi connectivity index (χ0) is 24.4. The van der Waals surface area contributed by atoms with Crippen molar-refractivity contribution in [2.45, 2.75) is 62.9 Å². The molecule has 7 heteroatoms. The number of carboxylic acids is 1. The predicted molar refractivity (Wildman–Crippen MR) is 131 cm³/mol. The second kappa shape index (κ2) is 10.1. The Morgan fingerprint density at radius 3 is 2.31 bits per heavy atom. The van der Waals surface area contributed by atoms with E-state index >= 15 is 0 Å². The minimum absolute atomic E-state index is 0.0221. The number of amides is 2. The third-order valence-corrected chi connectivity index (χ3v) is 7.78. The molecule has 2 amide bonds. The van der Waals surface area contributed by atoms with Crippen molar-refractivity contribution in [3.8, 4) is 11.1 Å². The predicted octanol–water partition coefficient (Wildman–Crippen LogP) is 4.55. The van der Waals surface area contributed by atoms with E-state index in [1.807, 2.05) is 24.3 Å². The number of carboxylic acid groups (broad SMARTS) is 1. The van der Waals surface area contributed by atoms with Gasteiger partial charge in [0.25, 0.3) is 0 Å². The van der Waals surface area contributed by atoms with Crippen LogP contribution < -0.4 is 5.32 Å². The fraction of sp³-hybridized carbons (Fsp3) is 0.464. The third-order valence-electron chi connectivity index (χ3n) is 7.78. The standard InChI is InChI=1S/C28H32N2O5/c31-26(30-14-6-5-11-25(30)27(32)33)16-18-12-13-19(15-18)29-28(34)35-17-24-22-9-3-1-7-20(22)21-8-2-4-10-23(21)24/h1-4,7-10,18-19,24-25H,5-6,11-17H2,(H,29,34)(H,32,33)/t18?,19?,25-/m0/s1. The number of ether oxygens (including phenoxy) is 1. The fourth-order valence-corrected chi connectivity index (χ4v) is 6.05. The molecular formula is C28H32N2O5. The van der Waals surface area contributed by atoms with Crippen molar-refractivity contribution in [1.82, 2.24) is 10.2 Å². The summed E-state index contributed by atoms with van der Waals surface area (Å²) in [6.07, 6.45) is 4.48. The number of carbonyl (C=O) groups excluding carboxylic acids is 2. The molecule has 35 heavy (non-hydrogen) atoms. The molecule has 2 aromatic rings. The molecule has 0 aromatic heterocycles. The zero-order valence-electron chi connectivity index (χ0n) is 19.8. The lowest BCUT2D eigenvalue weighted by Crippen LogP contribution is -2.48. The van der Waals surface area contributed by atoms with E-state index < -0.39 is 18.1 Å². The number of hydrogen-bond acceptors (Lipinski definition) is 4. The van der Waals surface area contributed by atoms with Crippen LogP contribution in [0.3, 0.4) is 0 Å². The summed E-state index contributed by atoms with van der Waals surface area (Å²) in [6, 6.07) is 15.8. The number of fused-ring (bicyclic) bond motifs is 3. The Kier molecular flexibility index (Phi) is 6.75. The van der Waals surface area contributed by atoms with Crippen LogP contribution in [-0.4, -0.2) is 53.2 Å². The summed E-state index contributed by atoms with van der Waals surface area (Å²) in [5.74, 6) is -0.824. The lowest BCUT2D eigenvalue weighted by Gasteiger charge is -2.33. The van der Waals surface area contributed by atoms with Gasteiger partial charge in [0.2, 0.25) is 5.91 Å². The number of nitrogens with zero attached hydrogens (tertiary/aromatic N) is 1. The summed E-state index contributed by atoms with van der Waals surface area (Å²) in [5.41, 5.74) is 4.75. The molecule has 1 aliphatic heterocycles. The molecule has 7 nitrogen and oxygen atoms in total. The van der Waals surface area contributed by atoms with Gasteiger partial charge in [-0.2, -0.15) is 0 Å². The van der Waals surface area contributed by atoms with Crippen LogP contribution >= 0.6 is 0 Å². The molecule has 184 valence electrons. The summed E-state index contributed by atoms with van der Waals surface area (Å²) in [5, 5.41) is 12.4. The molecule has 2 fully saturated rings. The van der Waals surface area contributed by atoms with Gasteiger partial charge in [0.05, 0.1) is 0 Å². The number of benzene rings is 2. The number of nitrogens with one attached hydrogen (secondary N) is 1. The second-order valence-corrected chi connectivity index (χ2v) is 9.99. The maximum Gasteiger partial charge on any atom is 0.407 e. The minimum Gasteiger partial charge on any atom is -0.480 e. The van der Waals surface area contributed by atoms with Crippen LogP contribution in [0, 0.1) is 5.92 Å². The highest BCUT2D eigenvalue weighted by Crippen LogP contribution is 2.44. The van der Waals surface area contributed by atoms with Gasteiger partial charge in [-0.15, -0.1) is 0 Å². The highest BCUT2D eigenvalue weighted by molar-refractivity contribution is 5.84. The number of alkyl carbamates (subject to hydrolysis) is 1. The molecular weight excluding hydrogens is 444 g/mol. The Balaban J connectivity index is 1.12. The third kappa shape index (κ3) is 4.90. The molecule has 0 spiro atoms. The topological polar surface area (TPSA) is 95.9 Å². The van der Waals surface area contributed by atoms with Crippen LogP contribution in [-0.2, 0) is 14.3 Å².